The van der Waals surface area contributed by atoms with Crippen molar-refractivity contribution in [2.75, 3.05) is 6.61 Å². The van der Waals surface area contributed by atoms with E-state index >= 15 is 0 Å². The molecule has 0 bridgehead atoms. The molecule has 154 valence electrons. The second kappa shape index (κ2) is 8.72. The van der Waals surface area contributed by atoms with Crippen LogP contribution in [0.15, 0.2) is 77.8 Å². The minimum atomic E-state index is -0.505. The normalized spacial score (nSPS) is 17.9. The number of rotatable bonds is 5. The number of nitrogens with one attached hydrogen (secondary N) is 1. The summed E-state index contributed by atoms with van der Waals surface area (Å²) in [6, 6.07) is 23.7. The molecule has 3 aromatic carbocycles. The largest absolute Gasteiger partial charge is 0.503 e. The highest BCUT2D eigenvalue weighted by atomic mass is 16.5. The number of hydrogen-bond acceptors (Lipinski definition) is 4. The number of hydrogen-bond donors (Lipinski definition) is 2. The molecule has 4 rings (SSSR count). The Labute approximate surface area is 180 Å². The third-order valence-electron chi connectivity index (χ3n) is 5.23. The third kappa shape index (κ3) is 3.99. The van der Waals surface area contributed by atoms with Crippen molar-refractivity contribution < 1.29 is 14.6 Å². The molecule has 3 aromatic rings. The molecular weight excluding hydrogens is 390 g/mol. The van der Waals surface area contributed by atoms with Gasteiger partial charge in [0.25, 0.3) is 0 Å². The third-order valence-corrected chi connectivity index (χ3v) is 5.23. The van der Waals surface area contributed by atoms with Gasteiger partial charge in [0.15, 0.2) is 11.5 Å². The molecule has 0 fully saturated rings. The predicted octanol–water partition coefficient (Wildman–Crippen LogP) is 4.70. The van der Waals surface area contributed by atoms with E-state index in [2.05, 4.69) is 10.3 Å². The molecule has 1 aliphatic rings. The Kier molecular flexibility index (Phi) is 5.67. The second-order valence-corrected chi connectivity index (χ2v) is 7.14. The summed E-state index contributed by atoms with van der Waals surface area (Å²) in [5.41, 5.74) is 3.21. The summed E-state index contributed by atoms with van der Waals surface area (Å²) in [5, 5.41) is 22.8. The van der Waals surface area contributed by atoms with E-state index in [1.165, 1.54) is 0 Å². The summed E-state index contributed by atoms with van der Waals surface area (Å²) >= 11 is 0. The van der Waals surface area contributed by atoms with Crippen LogP contribution in [0.25, 0.3) is 0 Å². The Bertz CT molecular complexity index is 1170. The molecular formula is C25H21N3O3. The van der Waals surface area contributed by atoms with E-state index < -0.39 is 12.1 Å². The maximum atomic E-state index is 12.6. The zero-order valence-corrected chi connectivity index (χ0v) is 16.9. The van der Waals surface area contributed by atoms with Crippen LogP contribution in [0.1, 0.15) is 41.1 Å². The summed E-state index contributed by atoms with van der Waals surface area (Å²) in [5.74, 6) is -0.295. The van der Waals surface area contributed by atoms with Gasteiger partial charge in [-0.15, -0.1) is 0 Å². The van der Waals surface area contributed by atoms with Gasteiger partial charge in [0.05, 0.1) is 29.8 Å². The van der Waals surface area contributed by atoms with E-state index in [1.54, 1.807) is 19.1 Å². The molecule has 0 saturated heterocycles. The van der Waals surface area contributed by atoms with E-state index in [1.807, 2.05) is 66.7 Å². The highest BCUT2D eigenvalue weighted by Crippen LogP contribution is 2.41. The number of urea groups is 1. The molecule has 31 heavy (non-hydrogen) atoms. The number of nitriles is 1. The fraction of sp³-hybridized carbons (Fsp3) is 0.160. The lowest BCUT2D eigenvalue weighted by molar-refractivity contribution is 0.243. The lowest BCUT2D eigenvalue weighted by Crippen LogP contribution is -2.40. The van der Waals surface area contributed by atoms with Crippen molar-refractivity contribution in [1.82, 2.24) is 5.32 Å². The maximum Gasteiger partial charge on any atom is 0.341 e. The van der Waals surface area contributed by atoms with Crippen LogP contribution < -0.4 is 10.1 Å². The van der Waals surface area contributed by atoms with Gasteiger partial charge in [0.2, 0.25) is 0 Å². The fourth-order valence-electron chi connectivity index (χ4n) is 3.88. The molecule has 2 unspecified atom stereocenters. The average Bonchev–Trinajstić information content (AvgIpc) is 2.81. The van der Waals surface area contributed by atoms with Crippen molar-refractivity contribution in [1.29, 1.82) is 5.26 Å². The molecule has 1 aliphatic heterocycles. The quantitative estimate of drug-likeness (QED) is 0.636. The first-order valence-corrected chi connectivity index (χ1v) is 10.0. The number of ether oxygens (including phenoxy) is 1. The molecule has 1 heterocycles. The van der Waals surface area contributed by atoms with Crippen LogP contribution in [0.4, 0.5) is 4.79 Å². The number of aliphatic imine (C=N–C) groups is 1. The first-order valence-electron chi connectivity index (χ1n) is 10.0. The number of benzene rings is 3. The summed E-state index contributed by atoms with van der Waals surface area (Å²) in [6.45, 7) is 2.13. The molecule has 0 aliphatic carbocycles. The van der Waals surface area contributed by atoms with Crippen molar-refractivity contribution in [2.45, 2.75) is 18.9 Å². The van der Waals surface area contributed by atoms with Crippen molar-refractivity contribution in [2.24, 2.45) is 4.99 Å². The minimum Gasteiger partial charge on any atom is -0.503 e. The number of phenolic OH excluding ortho intramolecular Hbond substituents is 1. The van der Waals surface area contributed by atoms with Gasteiger partial charge < -0.3 is 15.2 Å². The van der Waals surface area contributed by atoms with Crippen molar-refractivity contribution in [3.8, 4) is 17.6 Å². The highest BCUT2D eigenvalue weighted by Gasteiger charge is 2.36. The van der Waals surface area contributed by atoms with E-state index in [0.29, 0.717) is 17.9 Å². The Balaban J connectivity index is 1.91. The van der Waals surface area contributed by atoms with Crippen molar-refractivity contribution in [3.63, 3.8) is 0 Å². The fourth-order valence-corrected chi connectivity index (χ4v) is 3.88. The molecule has 2 amide bonds. The lowest BCUT2D eigenvalue weighted by Gasteiger charge is -2.33. The van der Waals surface area contributed by atoms with E-state index in [0.717, 1.165) is 11.1 Å². The number of amides is 2. The first kappa shape index (κ1) is 20.2. The van der Waals surface area contributed by atoms with Crippen LogP contribution in [-0.2, 0) is 0 Å². The number of aromatic hydroxyl groups is 1. The van der Waals surface area contributed by atoms with Gasteiger partial charge in [0.1, 0.15) is 6.07 Å². The van der Waals surface area contributed by atoms with Gasteiger partial charge in [-0.3, -0.25) is 0 Å². The molecule has 0 spiro atoms. The van der Waals surface area contributed by atoms with Crippen LogP contribution in [0.5, 0.6) is 11.5 Å². The van der Waals surface area contributed by atoms with E-state index in [-0.39, 0.29) is 23.0 Å². The predicted molar refractivity (Wildman–Crippen MR) is 117 cm³/mol. The van der Waals surface area contributed by atoms with Crippen molar-refractivity contribution in [3.05, 3.63) is 95.1 Å². The average molecular weight is 411 g/mol. The number of nitrogens with zero attached hydrogens (tertiary/aromatic N) is 2. The molecule has 2 atom stereocenters. The summed E-state index contributed by atoms with van der Waals surface area (Å²) in [4.78, 5) is 16.9. The van der Waals surface area contributed by atoms with Gasteiger partial charge in [0, 0.05) is 0 Å². The van der Waals surface area contributed by atoms with Crippen LogP contribution in [0, 0.1) is 11.3 Å². The molecule has 2 N–H and O–H groups in total. The van der Waals surface area contributed by atoms with Gasteiger partial charge in [-0.1, -0.05) is 60.7 Å². The van der Waals surface area contributed by atoms with Crippen molar-refractivity contribution >= 4 is 11.7 Å². The number of carbonyl (C=O) groups excluding carboxylic acids is 1. The Morgan fingerprint density at radius 3 is 2.39 bits per heavy atom. The Morgan fingerprint density at radius 1 is 1.06 bits per heavy atom. The summed E-state index contributed by atoms with van der Waals surface area (Å²) in [6.07, 6.45) is 0. The van der Waals surface area contributed by atoms with Crippen LogP contribution in [0.3, 0.4) is 0 Å². The Hall–Kier alpha value is -4.11. The zero-order chi connectivity index (χ0) is 21.8. The topological polar surface area (TPSA) is 94.7 Å². The molecule has 0 saturated carbocycles. The molecule has 6 nitrogen and oxygen atoms in total. The summed E-state index contributed by atoms with van der Waals surface area (Å²) in [7, 11) is 0. The van der Waals surface area contributed by atoms with Gasteiger partial charge in [-0.2, -0.15) is 10.3 Å². The minimum absolute atomic E-state index is 0.0887. The monoisotopic (exact) mass is 411 g/mol. The standard InChI is InChI=1S/C25H21N3O3/c1-2-31-20-14-18(13-19(15-26)24(20)29)23-21(16-9-5-3-6-10-16)22(27-25(30)28-23)17-11-7-4-8-12-17/h3-14,21,23,29H,2H2,1H3,(H,28,30). The maximum absolute atomic E-state index is 12.6. The van der Waals surface area contributed by atoms with Gasteiger partial charge in [-0.05, 0) is 35.7 Å². The first-order chi connectivity index (χ1) is 15.1. The summed E-state index contributed by atoms with van der Waals surface area (Å²) < 4.78 is 5.55. The molecule has 0 aromatic heterocycles. The van der Waals surface area contributed by atoms with Gasteiger partial charge in [-0.25, -0.2) is 4.79 Å². The highest BCUT2D eigenvalue weighted by molar-refractivity contribution is 6.12. The molecule has 6 heteroatoms. The van der Waals surface area contributed by atoms with E-state index in [4.69, 9.17) is 4.74 Å². The zero-order valence-electron chi connectivity index (χ0n) is 16.9. The van der Waals surface area contributed by atoms with Crippen LogP contribution >= 0.6 is 0 Å². The van der Waals surface area contributed by atoms with Crippen LogP contribution in [0.2, 0.25) is 0 Å². The number of carbonyl (C=O) groups is 1. The Morgan fingerprint density at radius 2 is 1.74 bits per heavy atom. The lowest BCUT2D eigenvalue weighted by atomic mass is 9.79. The number of phenols is 1. The van der Waals surface area contributed by atoms with E-state index in [9.17, 15) is 15.2 Å². The van der Waals surface area contributed by atoms with Crippen LogP contribution in [-0.4, -0.2) is 23.5 Å². The smallest absolute Gasteiger partial charge is 0.341 e. The SMILES string of the molecule is CCOc1cc(C2NC(=O)N=C(c3ccccc3)C2c2ccccc2)cc(C#N)c1O. The second-order valence-electron chi connectivity index (χ2n) is 7.14. The molecule has 0 radical (unpaired) electrons. The van der Waals surface area contributed by atoms with Gasteiger partial charge >= 0.3 is 6.03 Å².